The lowest BCUT2D eigenvalue weighted by atomic mass is 9.95. The molecule has 1 fully saturated rings. The third-order valence-electron chi connectivity index (χ3n) is 5.31. The number of carboxylic acids is 1. The summed E-state index contributed by atoms with van der Waals surface area (Å²) in [6.07, 6.45) is 1.67. The molecular weight excluding hydrogens is 352 g/mol. The zero-order valence-electron chi connectivity index (χ0n) is 16.6. The van der Waals surface area contributed by atoms with Crippen molar-refractivity contribution >= 4 is 11.7 Å². The van der Waals surface area contributed by atoms with Crippen LogP contribution in [0.2, 0.25) is 0 Å². The molecule has 148 valence electrons. The maximum Gasteiger partial charge on any atom is 0.307 e. The second-order valence-electron chi connectivity index (χ2n) is 7.38. The van der Waals surface area contributed by atoms with E-state index in [-0.39, 0.29) is 5.92 Å². The molecule has 28 heavy (non-hydrogen) atoms. The van der Waals surface area contributed by atoms with E-state index in [1.54, 1.807) is 0 Å². The number of benzene rings is 2. The number of rotatable bonds is 7. The van der Waals surface area contributed by atoms with Gasteiger partial charge in [0.2, 0.25) is 0 Å². The molecule has 2 aromatic carbocycles. The Hall–Kier alpha value is -2.66. The molecule has 1 atom stereocenters. The molecule has 0 saturated carbocycles. The molecule has 1 aliphatic rings. The number of carboxylic acid groups (broad SMARTS) is 1. The number of aliphatic carboxylic acids is 1. The van der Waals surface area contributed by atoms with Crippen LogP contribution >= 0.6 is 0 Å². The van der Waals surface area contributed by atoms with Crippen molar-refractivity contribution in [2.75, 3.05) is 26.2 Å². The van der Waals surface area contributed by atoms with E-state index in [0.717, 1.165) is 47.4 Å². The highest BCUT2D eigenvalue weighted by Gasteiger charge is 2.25. The zero-order chi connectivity index (χ0) is 19.9. The predicted octanol–water partition coefficient (Wildman–Crippen LogP) is 3.87. The normalized spacial score (nSPS) is 17.1. The van der Waals surface area contributed by atoms with Crippen LogP contribution in [0, 0.1) is 19.8 Å². The quantitative estimate of drug-likeness (QED) is 0.450. The minimum Gasteiger partial charge on any atom is -0.481 e. The van der Waals surface area contributed by atoms with E-state index in [2.05, 4.69) is 48.2 Å². The number of piperidine rings is 1. The molecule has 1 aliphatic heterocycles. The molecule has 3 rings (SSSR count). The number of oxime groups is 1. The maximum atomic E-state index is 11.2. The molecule has 1 saturated heterocycles. The summed E-state index contributed by atoms with van der Waals surface area (Å²) >= 11 is 0. The first-order chi connectivity index (χ1) is 13.6. The van der Waals surface area contributed by atoms with Gasteiger partial charge >= 0.3 is 5.97 Å². The smallest absolute Gasteiger partial charge is 0.307 e. The van der Waals surface area contributed by atoms with Gasteiger partial charge in [0.05, 0.1) is 5.92 Å². The summed E-state index contributed by atoms with van der Waals surface area (Å²) in [5.74, 6) is -0.975. The van der Waals surface area contributed by atoms with E-state index in [1.165, 1.54) is 0 Å². The van der Waals surface area contributed by atoms with Crippen molar-refractivity contribution in [2.45, 2.75) is 26.7 Å². The van der Waals surface area contributed by atoms with E-state index in [4.69, 9.17) is 4.84 Å². The standard InChI is InChI=1S/C23H28N2O3/c1-17-8-3-5-11-20(17)22(21-12-6-4-9-18(21)2)24-28-15-14-25-13-7-10-19(16-25)23(26)27/h3-6,8-9,11-12,19H,7,10,13-16H2,1-2H3,(H,26,27)/t19-/m1/s1. The van der Waals surface area contributed by atoms with Crippen molar-refractivity contribution in [2.24, 2.45) is 11.1 Å². The highest BCUT2D eigenvalue weighted by atomic mass is 16.6. The van der Waals surface area contributed by atoms with Crippen molar-refractivity contribution in [3.05, 3.63) is 70.8 Å². The molecule has 0 aromatic heterocycles. The molecule has 1 N–H and O–H groups in total. The van der Waals surface area contributed by atoms with Crippen molar-refractivity contribution in [3.63, 3.8) is 0 Å². The Bertz CT molecular complexity index is 800. The van der Waals surface area contributed by atoms with E-state index in [1.807, 2.05) is 24.3 Å². The Morgan fingerprint density at radius 1 is 1.11 bits per heavy atom. The molecule has 0 amide bonds. The lowest BCUT2D eigenvalue weighted by Gasteiger charge is -2.30. The summed E-state index contributed by atoms with van der Waals surface area (Å²) in [6, 6.07) is 16.3. The van der Waals surface area contributed by atoms with Gasteiger partial charge in [-0.15, -0.1) is 0 Å². The van der Waals surface area contributed by atoms with Gasteiger partial charge in [0.15, 0.2) is 0 Å². The summed E-state index contributed by atoms with van der Waals surface area (Å²) in [7, 11) is 0. The van der Waals surface area contributed by atoms with Crippen molar-refractivity contribution in [3.8, 4) is 0 Å². The van der Waals surface area contributed by atoms with E-state index in [0.29, 0.717) is 19.7 Å². The van der Waals surface area contributed by atoms with Crippen molar-refractivity contribution in [1.82, 2.24) is 4.90 Å². The number of hydrogen-bond acceptors (Lipinski definition) is 4. The van der Waals surface area contributed by atoms with Crippen LogP contribution in [-0.4, -0.2) is 47.9 Å². The van der Waals surface area contributed by atoms with Gasteiger partial charge in [-0.1, -0.05) is 53.7 Å². The van der Waals surface area contributed by atoms with Crippen molar-refractivity contribution < 1.29 is 14.7 Å². The van der Waals surface area contributed by atoms with Crippen LogP contribution in [0.15, 0.2) is 53.7 Å². The third-order valence-corrected chi connectivity index (χ3v) is 5.31. The molecule has 0 aliphatic carbocycles. The first-order valence-corrected chi connectivity index (χ1v) is 9.83. The Kier molecular flexibility index (Phi) is 6.82. The molecule has 0 unspecified atom stereocenters. The largest absolute Gasteiger partial charge is 0.481 e. The topological polar surface area (TPSA) is 62.1 Å². The average Bonchev–Trinajstić information content (AvgIpc) is 2.70. The summed E-state index contributed by atoms with van der Waals surface area (Å²) in [6.45, 7) is 6.77. The minimum absolute atomic E-state index is 0.272. The lowest BCUT2D eigenvalue weighted by Crippen LogP contribution is -2.40. The van der Waals surface area contributed by atoms with Crippen LogP contribution in [0.5, 0.6) is 0 Å². The summed E-state index contributed by atoms with van der Waals surface area (Å²) in [4.78, 5) is 19.1. The van der Waals surface area contributed by atoms with Crippen LogP contribution in [-0.2, 0) is 9.63 Å². The average molecular weight is 380 g/mol. The number of nitrogens with zero attached hydrogens (tertiary/aromatic N) is 2. The molecule has 2 aromatic rings. The second kappa shape index (κ2) is 9.51. The van der Waals surface area contributed by atoms with Crippen LogP contribution in [0.25, 0.3) is 0 Å². The fraction of sp³-hybridized carbons (Fsp3) is 0.391. The Labute approximate surface area is 166 Å². The number of aryl methyl sites for hydroxylation is 2. The van der Waals surface area contributed by atoms with Gasteiger partial charge in [0, 0.05) is 24.2 Å². The summed E-state index contributed by atoms with van der Waals surface area (Å²) < 4.78 is 0. The van der Waals surface area contributed by atoms with Gasteiger partial charge in [0.1, 0.15) is 12.3 Å². The van der Waals surface area contributed by atoms with E-state index in [9.17, 15) is 9.90 Å². The van der Waals surface area contributed by atoms with Crippen LogP contribution < -0.4 is 0 Å². The fourth-order valence-corrected chi connectivity index (χ4v) is 3.66. The van der Waals surface area contributed by atoms with Gasteiger partial charge in [-0.05, 0) is 44.4 Å². The predicted molar refractivity (Wildman–Crippen MR) is 111 cm³/mol. The third kappa shape index (κ3) is 4.98. The van der Waals surface area contributed by atoms with Gasteiger partial charge in [0.25, 0.3) is 0 Å². The van der Waals surface area contributed by atoms with Crippen LogP contribution in [0.3, 0.4) is 0 Å². The second-order valence-corrected chi connectivity index (χ2v) is 7.38. The van der Waals surface area contributed by atoms with Crippen molar-refractivity contribution in [1.29, 1.82) is 0 Å². The van der Waals surface area contributed by atoms with Gasteiger partial charge in [-0.2, -0.15) is 0 Å². The Morgan fingerprint density at radius 2 is 1.71 bits per heavy atom. The Morgan fingerprint density at radius 3 is 2.29 bits per heavy atom. The molecule has 5 heteroatoms. The van der Waals surface area contributed by atoms with E-state index < -0.39 is 5.97 Å². The van der Waals surface area contributed by atoms with Gasteiger partial charge in [-0.25, -0.2) is 0 Å². The van der Waals surface area contributed by atoms with Crippen LogP contribution in [0.4, 0.5) is 0 Å². The highest BCUT2D eigenvalue weighted by molar-refractivity contribution is 6.14. The molecule has 0 radical (unpaired) electrons. The molecule has 0 spiro atoms. The Balaban J connectivity index is 1.71. The molecule has 0 bridgehead atoms. The maximum absolute atomic E-state index is 11.2. The fourth-order valence-electron chi connectivity index (χ4n) is 3.66. The SMILES string of the molecule is Cc1ccccc1C(=NOCCN1CCC[C@@H](C(=O)O)C1)c1ccccc1C. The highest BCUT2D eigenvalue weighted by Crippen LogP contribution is 2.19. The number of carbonyl (C=O) groups is 1. The first-order valence-electron chi connectivity index (χ1n) is 9.83. The monoisotopic (exact) mass is 380 g/mol. The van der Waals surface area contributed by atoms with Gasteiger partial charge < -0.3 is 9.94 Å². The molecule has 1 heterocycles. The zero-order valence-corrected chi connectivity index (χ0v) is 16.6. The van der Waals surface area contributed by atoms with Gasteiger partial charge in [-0.3, -0.25) is 9.69 Å². The van der Waals surface area contributed by atoms with Crippen LogP contribution in [0.1, 0.15) is 35.1 Å². The summed E-state index contributed by atoms with van der Waals surface area (Å²) in [5.41, 5.74) is 5.24. The molecular formula is C23H28N2O3. The number of hydrogen-bond donors (Lipinski definition) is 1. The minimum atomic E-state index is -0.704. The summed E-state index contributed by atoms with van der Waals surface area (Å²) in [5, 5.41) is 13.7. The lowest BCUT2D eigenvalue weighted by molar-refractivity contribution is -0.143. The number of likely N-dealkylation sites (tertiary alicyclic amines) is 1. The molecule has 5 nitrogen and oxygen atoms in total. The first kappa shape index (κ1) is 20.1. The van der Waals surface area contributed by atoms with E-state index >= 15 is 0 Å².